The molecular formula is C69H63ClN14O8. The number of hydrogen-bond donors (Lipinski definition) is 1. The van der Waals surface area contributed by atoms with E-state index in [-0.39, 0.29) is 40.0 Å². The number of carbonyl (C=O) groups is 3. The summed E-state index contributed by atoms with van der Waals surface area (Å²) in [6.07, 6.45) is 4.50. The van der Waals surface area contributed by atoms with Crippen LogP contribution in [0.1, 0.15) is 59.2 Å². The van der Waals surface area contributed by atoms with Crippen molar-refractivity contribution in [2.24, 2.45) is 14.1 Å². The minimum Gasteiger partial charge on any atom is -0.497 e. The molecule has 3 fully saturated rings. The molecule has 3 amide bonds. The van der Waals surface area contributed by atoms with Crippen LogP contribution in [-0.2, 0) is 20.7 Å². The quantitative estimate of drug-likeness (QED) is 0.134. The molecule has 0 saturated carbocycles. The second-order valence-corrected chi connectivity index (χ2v) is 22.6. The number of furan rings is 1. The first-order valence-electron chi connectivity index (χ1n) is 29.7. The molecule has 13 rings (SSSR count). The Kier molecular flexibility index (Phi) is 18.6. The van der Waals surface area contributed by atoms with Gasteiger partial charge >= 0.3 is 0 Å². The van der Waals surface area contributed by atoms with Crippen molar-refractivity contribution in [3.05, 3.63) is 217 Å². The Balaban J connectivity index is 0.000000142. The lowest BCUT2D eigenvalue weighted by molar-refractivity contribution is 0.0712. The molecule has 464 valence electrons. The number of fused-ring (bicyclic) bond motifs is 3. The first kappa shape index (κ1) is 62.2. The summed E-state index contributed by atoms with van der Waals surface area (Å²) < 4.78 is 19.5. The van der Waals surface area contributed by atoms with E-state index >= 15 is 0 Å². The maximum atomic E-state index is 12.9. The third kappa shape index (κ3) is 12.8. The number of hydrogen-bond acceptors (Lipinski definition) is 16. The fraction of sp³-hybridized carbons (Fsp3) is 0.246. The van der Waals surface area contributed by atoms with Crippen molar-refractivity contribution in [3.8, 4) is 29.8 Å². The molecule has 0 aliphatic carbocycles. The maximum Gasteiger partial charge on any atom is 0.289 e. The second-order valence-electron chi connectivity index (χ2n) is 22.1. The van der Waals surface area contributed by atoms with E-state index in [1.165, 1.54) is 27.9 Å². The predicted octanol–water partition coefficient (Wildman–Crippen LogP) is 8.68. The standard InChI is InChI=1S/C27H24N4O3.C23H21ClN4O3.C19H18N6O2/c1-19-9-10-23-21(16-19)25(22(17-28)26(29-23)34-18-20-6-3-2-4-7-20)30-11-13-31(14-12-30)27(32)24-8-5-15-33-24;1-26-20-8-5-16(24)13-18(20)21(19(14-25)23(26)30)27-9-11-28(12-10-27)22(29)15-3-6-17(31-2)7-4-15;1-23-16-5-3-2-4-13(16)17(14(10-20)18(23)26)24-6-8-25(9-7-24)19(27)15-11-21-12-22-15/h2-10,15-16H,11-14,18H2,1H3;3-8,13H,9-12H2,1-2H3;2-5,11-12H,6-9H2,1H3,(H,21,22). The van der Waals surface area contributed by atoms with Gasteiger partial charge in [0, 0.05) is 119 Å². The maximum absolute atomic E-state index is 12.9. The van der Waals surface area contributed by atoms with Crippen LogP contribution in [0.5, 0.6) is 11.6 Å². The molecule has 92 heavy (non-hydrogen) atoms. The molecule has 23 heteroatoms. The highest BCUT2D eigenvalue weighted by Crippen LogP contribution is 2.38. The van der Waals surface area contributed by atoms with E-state index in [0.717, 1.165) is 44.0 Å². The number of piperazine rings is 3. The molecule has 8 heterocycles. The number of aromatic amines is 1. The Labute approximate surface area is 534 Å². The van der Waals surface area contributed by atoms with Gasteiger partial charge in [0.05, 0.1) is 59.5 Å². The summed E-state index contributed by atoms with van der Waals surface area (Å²) >= 11 is 6.22. The fourth-order valence-electron chi connectivity index (χ4n) is 11.9. The molecule has 10 aromatic rings. The van der Waals surface area contributed by atoms with Gasteiger partial charge in [-0.15, -0.1) is 0 Å². The number of halogens is 1. The largest absolute Gasteiger partial charge is 0.497 e. The molecule has 0 bridgehead atoms. The molecule has 3 aliphatic rings. The van der Waals surface area contributed by atoms with Crippen molar-refractivity contribution in [1.29, 1.82) is 15.8 Å². The lowest BCUT2D eigenvalue weighted by Gasteiger charge is -2.37. The third-order valence-corrected chi connectivity index (χ3v) is 16.9. The molecule has 5 aromatic carbocycles. The normalized spacial score (nSPS) is 13.9. The highest BCUT2D eigenvalue weighted by molar-refractivity contribution is 6.31. The van der Waals surface area contributed by atoms with Gasteiger partial charge in [-0.2, -0.15) is 15.8 Å². The lowest BCUT2D eigenvalue weighted by atomic mass is 10.0. The summed E-state index contributed by atoms with van der Waals surface area (Å²) in [5.74, 6) is 1.09. The first-order chi connectivity index (χ1) is 44.7. The number of pyridine rings is 3. The van der Waals surface area contributed by atoms with E-state index in [9.17, 15) is 39.8 Å². The molecule has 1 N–H and O–H groups in total. The SMILES string of the molecule is COc1ccc(C(=O)N2CCN(c3c(C#N)c(=O)n(C)c4ccc(Cl)cc34)CC2)cc1.Cc1ccc2nc(OCc3ccccc3)c(C#N)c(N3CCN(C(=O)c4ccco4)CC3)c2c1.Cn1c(=O)c(C#N)c(N2CCN(C(=O)c3cnc[nH]3)CC2)c2ccccc21. The van der Waals surface area contributed by atoms with E-state index in [0.29, 0.717) is 141 Å². The number of para-hydroxylation sites is 1. The minimum absolute atomic E-state index is 0.0558. The number of aromatic nitrogens is 5. The van der Waals surface area contributed by atoms with Gasteiger partial charge in [0.25, 0.3) is 28.8 Å². The molecule has 0 radical (unpaired) electrons. The van der Waals surface area contributed by atoms with Crippen LogP contribution in [0.3, 0.4) is 0 Å². The fourth-order valence-corrected chi connectivity index (χ4v) is 12.0. The van der Waals surface area contributed by atoms with Crippen LogP contribution >= 0.6 is 11.6 Å². The second kappa shape index (κ2) is 27.5. The van der Waals surface area contributed by atoms with E-state index in [1.807, 2.05) is 83.5 Å². The van der Waals surface area contributed by atoms with Gasteiger partial charge in [-0.3, -0.25) is 24.0 Å². The number of imidazole rings is 1. The monoisotopic (exact) mass is 1250 g/mol. The summed E-state index contributed by atoms with van der Waals surface area (Å²) in [4.78, 5) is 86.3. The number of amides is 3. The van der Waals surface area contributed by atoms with Crippen LogP contribution in [0.4, 0.5) is 17.1 Å². The van der Waals surface area contributed by atoms with E-state index < -0.39 is 0 Å². The van der Waals surface area contributed by atoms with Gasteiger partial charge in [0.15, 0.2) is 5.76 Å². The van der Waals surface area contributed by atoms with Gasteiger partial charge in [0.2, 0.25) is 5.88 Å². The number of nitrogens with zero attached hydrogens (tertiary/aromatic N) is 13. The van der Waals surface area contributed by atoms with Crippen molar-refractivity contribution in [2.75, 3.05) is 100 Å². The van der Waals surface area contributed by atoms with Crippen molar-refractivity contribution in [3.63, 3.8) is 0 Å². The molecule has 5 aromatic heterocycles. The average molecular weight is 1250 g/mol. The van der Waals surface area contributed by atoms with E-state index in [2.05, 4.69) is 44.1 Å². The van der Waals surface area contributed by atoms with Gasteiger partial charge in [0.1, 0.15) is 52.9 Å². The number of anilines is 3. The highest BCUT2D eigenvalue weighted by atomic mass is 35.5. The topological polar surface area (TPSA) is 259 Å². The number of H-pyrrole nitrogens is 1. The summed E-state index contributed by atoms with van der Waals surface area (Å²) in [7, 11) is 4.91. The Morgan fingerprint density at radius 2 is 1.15 bits per heavy atom. The Morgan fingerprint density at radius 1 is 0.598 bits per heavy atom. The smallest absolute Gasteiger partial charge is 0.289 e. The van der Waals surface area contributed by atoms with E-state index in [1.54, 1.807) is 90.5 Å². The number of ether oxygens (including phenoxy) is 2. The van der Waals surface area contributed by atoms with Crippen LogP contribution in [0.25, 0.3) is 32.7 Å². The number of methoxy groups -OCH3 is 1. The van der Waals surface area contributed by atoms with Crippen molar-refractivity contribution < 1.29 is 28.3 Å². The molecule has 3 saturated heterocycles. The third-order valence-electron chi connectivity index (χ3n) is 16.7. The zero-order valence-electron chi connectivity index (χ0n) is 51.0. The lowest BCUT2D eigenvalue weighted by Crippen LogP contribution is -2.49. The zero-order chi connectivity index (χ0) is 64.6. The zero-order valence-corrected chi connectivity index (χ0v) is 51.8. The van der Waals surface area contributed by atoms with Crippen LogP contribution in [-0.4, -0.2) is 142 Å². The molecule has 3 aliphatic heterocycles. The first-order valence-corrected chi connectivity index (χ1v) is 30.1. The highest BCUT2D eigenvalue weighted by Gasteiger charge is 2.31. The van der Waals surface area contributed by atoms with Crippen LogP contribution in [0.2, 0.25) is 5.02 Å². The van der Waals surface area contributed by atoms with Crippen molar-refractivity contribution >= 4 is 79.1 Å². The van der Waals surface area contributed by atoms with Gasteiger partial charge in [-0.25, -0.2) is 9.97 Å². The Bertz CT molecular complexity index is 4640. The number of carbonyl (C=O) groups excluding carboxylic acids is 3. The van der Waals surface area contributed by atoms with Crippen LogP contribution < -0.4 is 35.3 Å². The van der Waals surface area contributed by atoms with E-state index in [4.69, 9.17) is 25.5 Å². The average Bonchev–Trinajstić information content (AvgIpc) is 0.794. The molecule has 0 atom stereocenters. The van der Waals surface area contributed by atoms with Gasteiger partial charge in [-0.1, -0.05) is 71.8 Å². The number of nitrogens with one attached hydrogen (secondary N) is 1. The number of rotatable bonds is 10. The van der Waals surface area contributed by atoms with Gasteiger partial charge in [-0.05, 0) is 85.3 Å². The Hall–Kier alpha value is -11.4. The number of benzene rings is 5. The molecule has 0 spiro atoms. The van der Waals surface area contributed by atoms with Gasteiger partial charge < -0.3 is 57.4 Å². The Morgan fingerprint density at radius 3 is 1.72 bits per heavy atom. The summed E-state index contributed by atoms with van der Waals surface area (Å²) in [6, 6.07) is 45.6. The summed E-state index contributed by atoms with van der Waals surface area (Å²) in [5, 5.41) is 32.5. The summed E-state index contributed by atoms with van der Waals surface area (Å²) in [6.45, 7) is 8.66. The molecule has 0 unspecified atom stereocenters. The van der Waals surface area contributed by atoms with Crippen molar-refractivity contribution in [1.82, 2.24) is 38.8 Å². The number of aryl methyl sites for hydroxylation is 3. The number of nitriles is 3. The summed E-state index contributed by atoms with van der Waals surface area (Å²) in [5.41, 5.74) is 7.46. The van der Waals surface area contributed by atoms with Crippen LogP contribution in [0, 0.1) is 40.9 Å². The predicted molar refractivity (Wildman–Crippen MR) is 349 cm³/mol. The minimum atomic E-state index is -0.343. The van der Waals surface area contributed by atoms with Crippen LogP contribution in [0.15, 0.2) is 160 Å². The molecular weight excluding hydrogens is 1190 g/mol. The molecule has 22 nitrogen and oxygen atoms in total. The van der Waals surface area contributed by atoms with Crippen molar-refractivity contribution in [2.45, 2.75) is 13.5 Å².